The minimum Gasteiger partial charge on any atom is -0.464 e. The number of aryl methyl sites for hydroxylation is 3. The number of anilines is 2. The Balaban J connectivity index is 1.75. The fraction of sp³-hybridized carbons (Fsp3) is 0.263. The van der Waals surface area contributed by atoms with Gasteiger partial charge in [-0.25, -0.2) is 0 Å². The fourth-order valence-electron chi connectivity index (χ4n) is 3.31. The van der Waals surface area contributed by atoms with E-state index in [1.807, 2.05) is 58.0 Å². The van der Waals surface area contributed by atoms with Crippen molar-refractivity contribution in [3.05, 3.63) is 64.2 Å². The minimum absolute atomic E-state index is 0.229. The van der Waals surface area contributed by atoms with E-state index in [4.69, 9.17) is 4.42 Å². The molecular weight excluding hydrogens is 344 g/mol. The van der Waals surface area contributed by atoms with Gasteiger partial charge in [0.15, 0.2) is 0 Å². The molecular formula is C19H20N6O2. The molecule has 1 aliphatic rings. The lowest BCUT2D eigenvalue weighted by Gasteiger charge is -2.26. The molecule has 1 aromatic carbocycles. The molecule has 0 fully saturated rings. The number of hydrogen-bond donors (Lipinski definition) is 2. The van der Waals surface area contributed by atoms with Crippen LogP contribution < -0.4 is 10.6 Å². The summed E-state index contributed by atoms with van der Waals surface area (Å²) in [6, 6.07) is 9.06. The number of allylic oxidation sites excluding steroid dienone is 1. The monoisotopic (exact) mass is 364 g/mol. The molecule has 1 aliphatic heterocycles. The van der Waals surface area contributed by atoms with Crippen LogP contribution in [-0.2, 0) is 4.79 Å². The molecule has 0 aliphatic carbocycles. The van der Waals surface area contributed by atoms with E-state index < -0.39 is 6.04 Å². The molecule has 138 valence electrons. The second-order valence-electron chi connectivity index (χ2n) is 6.73. The van der Waals surface area contributed by atoms with Crippen molar-refractivity contribution < 1.29 is 9.21 Å². The van der Waals surface area contributed by atoms with Crippen molar-refractivity contribution in [2.24, 2.45) is 0 Å². The number of benzene rings is 1. The van der Waals surface area contributed by atoms with Crippen LogP contribution in [-0.4, -0.2) is 26.1 Å². The Morgan fingerprint density at radius 1 is 1.19 bits per heavy atom. The van der Waals surface area contributed by atoms with Gasteiger partial charge in [-0.05, 0) is 61.9 Å². The van der Waals surface area contributed by atoms with E-state index in [-0.39, 0.29) is 5.91 Å². The smallest absolute Gasteiger partial charge is 0.256 e. The number of fused-ring (bicyclic) bond motifs is 1. The normalized spacial score (nSPS) is 16.1. The average Bonchev–Trinajstić information content (AvgIpc) is 3.24. The van der Waals surface area contributed by atoms with E-state index in [0.29, 0.717) is 23.0 Å². The Morgan fingerprint density at radius 3 is 2.70 bits per heavy atom. The molecule has 8 nitrogen and oxygen atoms in total. The number of furan rings is 1. The van der Waals surface area contributed by atoms with Gasteiger partial charge < -0.3 is 15.1 Å². The van der Waals surface area contributed by atoms with E-state index in [1.165, 1.54) is 0 Å². The Labute approximate surface area is 156 Å². The summed E-state index contributed by atoms with van der Waals surface area (Å²) in [5.74, 6) is 1.60. The van der Waals surface area contributed by atoms with Crippen molar-refractivity contribution in [3.8, 4) is 0 Å². The number of amides is 1. The van der Waals surface area contributed by atoms with E-state index in [9.17, 15) is 4.79 Å². The maximum Gasteiger partial charge on any atom is 0.256 e. The number of hydrogen-bond acceptors (Lipinski definition) is 6. The molecule has 0 radical (unpaired) electrons. The van der Waals surface area contributed by atoms with E-state index >= 15 is 0 Å². The third-order valence-corrected chi connectivity index (χ3v) is 4.62. The van der Waals surface area contributed by atoms with Gasteiger partial charge in [0.05, 0.1) is 5.57 Å². The zero-order valence-corrected chi connectivity index (χ0v) is 15.6. The van der Waals surface area contributed by atoms with Crippen LogP contribution >= 0.6 is 0 Å². The molecule has 8 heteroatoms. The lowest BCUT2D eigenvalue weighted by atomic mass is 9.99. The predicted molar refractivity (Wildman–Crippen MR) is 100 cm³/mol. The van der Waals surface area contributed by atoms with Gasteiger partial charge in [0.2, 0.25) is 5.95 Å². The van der Waals surface area contributed by atoms with Gasteiger partial charge >= 0.3 is 0 Å². The molecule has 0 unspecified atom stereocenters. The van der Waals surface area contributed by atoms with Gasteiger partial charge in [-0.3, -0.25) is 4.79 Å². The van der Waals surface area contributed by atoms with Crippen LogP contribution in [0.5, 0.6) is 0 Å². The molecule has 3 heterocycles. The Hall–Kier alpha value is -3.42. The maximum atomic E-state index is 13.2. The van der Waals surface area contributed by atoms with Crippen LogP contribution in [0.25, 0.3) is 0 Å². The summed E-state index contributed by atoms with van der Waals surface area (Å²) in [6.45, 7) is 7.68. The minimum atomic E-state index is -0.546. The zero-order valence-electron chi connectivity index (χ0n) is 15.6. The molecule has 1 amide bonds. The summed E-state index contributed by atoms with van der Waals surface area (Å²) in [5, 5.41) is 17.8. The summed E-state index contributed by atoms with van der Waals surface area (Å²) in [5.41, 5.74) is 4.09. The van der Waals surface area contributed by atoms with Crippen molar-refractivity contribution in [3.63, 3.8) is 0 Å². The largest absolute Gasteiger partial charge is 0.464 e. The topological polar surface area (TPSA) is 97.9 Å². The van der Waals surface area contributed by atoms with E-state index in [0.717, 1.165) is 22.6 Å². The van der Waals surface area contributed by atoms with Crippen LogP contribution in [0.3, 0.4) is 0 Å². The second-order valence-corrected chi connectivity index (χ2v) is 6.73. The number of tetrazole rings is 1. The zero-order chi connectivity index (χ0) is 19.1. The average molecular weight is 364 g/mol. The van der Waals surface area contributed by atoms with Gasteiger partial charge in [-0.2, -0.15) is 4.68 Å². The Morgan fingerprint density at radius 2 is 2.00 bits per heavy atom. The molecule has 27 heavy (non-hydrogen) atoms. The number of nitrogens with one attached hydrogen (secondary N) is 2. The number of aromatic nitrogens is 4. The van der Waals surface area contributed by atoms with Crippen molar-refractivity contribution in [2.45, 2.75) is 33.7 Å². The SMILES string of the molecule is CC1=C(C(=O)Nc2ccc(C)cc2C)[C@H](c2ccc(C)o2)n2nnnc2N1. The quantitative estimate of drug-likeness (QED) is 0.741. The number of carbonyl (C=O) groups is 1. The summed E-state index contributed by atoms with van der Waals surface area (Å²) < 4.78 is 7.37. The van der Waals surface area contributed by atoms with Gasteiger partial charge in [-0.1, -0.05) is 22.8 Å². The van der Waals surface area contributed by atoms with E-state index in [1.54, 1.807) is 4.68 Å². The van der Waals surface area contributed by atoms with E-state index in [2.05, 4.69) is 26.2 Å². The first-order chi connectivity index (χ1) is 12.9. The summed E-state index contributed by atoms with van der Waals surface area (Å²) in [6.07, 6.45) is 0. The van der Waals surface area contributed by atoms with Crippen molar-refractivity contribution in [1.82, 2.24) is 20.2 Å². The van der Waals surface area contributed by atoms with Gasteiger partial charge in [-0.15, -0.1) is 0 Å². The third kappa shape index (κ3) is 2.99. The summed E-state index contributed by atoms with van der Waals surface area (Å²) in [4.78, 5) is 13.2. The third-order valence-electron chi connectivity index (χ3n) is 4.62. The lowest BCUT2D eigenvalue weighted by Crippen LogP contribution is -2.31. The first kappa shape index (κ1) is 17.0. The van der Waals surface area contributed by atoms with Crippen LogP contribution in [0, 0.1) is 20.8 Å². The molecule has 2 aromatic heterocycles. The molecule has 0 saturated carbocycles. The lowest BCUT2D eigenvalue weighted by molar-refractivity contribution is -0.113. The highest BCUT2D eigenvalue weighted by Gasteiger charge is 2.36. The predicted octanol–water partition coefficient (Wildman–Crippen LogP) is 3.12. The maximum absolute atomic E-state index is 13.2. The number of carbonyl (C=O) groups excluding carboxylic acids is 1. The Bertz CT molecular complexity index is 1060. The van der Waals surface area contributed by atoms with Crippen LogP contribution in [0.15, 0.2) is 46.0 Å². The van der Waals surface area contributed by atoms with Crippen molar-refractivity contribution in [1.29, 1.82) is 0 Å². The summed E-state index contributed by atoms with van der Waals surface area (Å²) >= 11 is 0. The van der Waals surface area contributed by atoms with Crippen LogP contribution in [0.1, 0.15) is 35.6 Å². The van der Waals surface area contributed by atoms with Crippen molar-refractivity contribution >= 4 is 17.5 Å². The molecule has 2 N–H and O–H groups in total. The molecule has 3 aromatic rings. The highest BCUT2D eigenvalue weighted by atomic mass is 16.3. The van der Waals surface area contributed by atoms with Crippen LogP contribution in [0.2, 0.25) is 0 Å². The molecule has 0 saturated heterocycles. The van der Waals surface area contributed by atoms with Gasteiger partial charge in [0, 0.05) is 11.4 Å². The number of rotatable bonds is 3. The molecule has 0 bridgehead atoms. The fourth-order valence-corrected chi connectivity index (χ4v) is 3.31. The summed E-state index contributed by atoms with van der Waals surface area (Å²) in [7, 11) is 0. The molecule has 0 spiro atoms. The van der Waals surface area contributed by atoms with Gasteiger partial charge in [0.1, 0.15) is 17.6 Å². The van der Waals surface area contributed by atoms with Gasteiger partial charge in [0.25, 0.3) is 5.91 Å². The Kier molecular flexibility index (Phi) is 4.02. The first-order valence-electron chi connectivity index (χ1n) is 8.64. The standard InChI is InChI=1S/C19H20N6O2/c1-10-5-7-14(11(2)9-10)21-18(26)16-13(4)20-19-22-23-24-25(19)17(16)15-8-6-12(3)27-15/h5-9,17H,1-4H3,(H,21,26)(H,20,22,24)/t17-/m0/s1. The highest BCUT2D eigenvalue weighted by molar-refractivity contribution is 6.06. The van der Waals surface area contributed by atoms with Crippen molar-refractivity contribution in [2.75, 3.05) is 10.6 Å². The number of nitrogens with zero attached hydrogens (tertiary/aromatic N) is 4. The highest BCUT2D eigenvalue weighted by Crippen LogP contribution is 2.35. The second kappa shape index (κ2) is 6.39. The van der Waals surface area contributed by atoms with Crippen LogP contribution in [0.4, 0.5) is 11.6 Å². The first-order valence-corrected chi connectivity index (χ1v) is 8.64. The molecule has 4 rings (SSSR count). The molecule has 1 atom stereocenters.